The van der Waals surface area contributed by atoms with Crippen LogP contribution in [0.25, 0.3) is 0 Å². The van der Waals surface area contributed by atoms with E-state index in [4.69, 9.17) is 5.84 Å². The predicted molar refractivity (Wildman–Crippen MR) is 77.3 cm³/mol. The second-order valence-corrected chi connectivity index (χ2v) is 5.41. The number of aromatic amines is 1. The lowest BCUT2D eigenvalue weighted by Gasteiger charge is -2.19. The molecule has 2 heterocycles. The molecule has 7 heteroatoms. The number of nitrogens with two attached hydrogens (primary N) is 1. The standard InChI is InChI=1S/C13H18N6O/c1-13(2,3)9-6-8(7-10(17-9)19-14)11(20)18-12-15-4-5-16-12/h4-7H,14H2,1-3H3,(H,17,19)(H2,15,16,18,20). The first-order valence-electron chi connectivity index (χ1n) is 6.20. The van der Waals surface area contributed by atoms with Crippen LogP contribution in [-0.2, 0) is 5.41 Å². The number of H-pyrrole nitrogens is 1. The van der Waals surface area contributed by atoms with Crippen LogP contribution < -0.4 is 16.6 Å². The summed E-state index contributed by atoms with van der Waals surface area (Å²) < 4.78 is 0. The third-order valence-electron chi connectivity index (χ3n) is 2.73. The first-order chi connectivity index (χ1) is 9.40. The van der Waals surface area contributed by atoms with Crippen LogP contribution in [0, 0.1) is 0 Å². The third kappa shape index (κ3) is 3.12. The van der Waals surface area contributed by atoms with Crippen molar-refractivity contribution in [1.29, 1.82) is 0 Å². The zero-order chi connectivity index (χ0) is 14.8. The summed E-state index contributed by atoms with van der Waals surface area (Å²) in [5.41, 5.74) is 3.53. The number of nitrogens with one attached hydrogen (secondary N) is 3. The van der Waals surface area contributed by atoms with Crippen LogP contribution in [0.4, 0.5) is 11.8 Å². The fraction of sp³-hybridized carbons (Fsp3) is 0.308. The topological polar surface area (TPSA) is 109 Å². The molecule has 0 fully saturated rings. The highest BCUT2D eigenvalue weighted by atomic mass is 16.1. The van der Waals surface area contributed by atoms with E-state index in [0.717, 1.165) is 5.69 Å². The van der Waals surface area contributed by atoms with E-state index in [1.165, 1.54) is 0 Å². The van der Waals surface area contributed by atoms with Crippen LogP contribution in [-0.4, -0.2) is 20.9 Å². The first-order valence-corrected chi connectivity index (χ1v) is 6.20. The molecule has 20 heavy (non-hydrogen) atoms. The number of hydrogen-bond donors (Lipinski definition) is 4. The zero-order valence-corrected chi connectivity index (χ0v) is 11.7. The fourth-order valence-corrected chi connectivity index (χ4v) is 1.63. The minimum absolute atomic E-state index is 0.188. The summed E-state index contributed by atoms with van der Waals surface area (Å²) in [5.74, 6) is 5.97. The quantitative estimate of drug-likeness (QED) is 0.502. The van der Waals surface area contributed by atoms with Gasteiger partial charge in [-0.15, -0.1) is 0 Å². The van der Waals surface area contributed by atoms with E-state index in [9.17, 15) is 4.79 Å². The van der Waals surface area contributed by atoms with Gasteiger partial charge in [0, 0.05) is 29.1 Å². The third-order valence-corrected chi connectivity index (χ3v) is 2.73. The first kappa shape index (κ1) is 14.0. The number of hydrazine groups is 1. The summed E-state index contributed by atoms with van der Waals surface area (Å²) in [5, 5.41) is 2.67. The number of hydrogen-bond acceptors (Lipinski definition) is 5. The molecule has 2 rings (SSSR count). The van der Waals surface area contributed by atoms with Crippen molar-refractivity contribution in [3.05, 3.63) is 35.8 Å². The average Bonchev–Trinajstić information content (AvgIpc) is 2.90. The minimum Gasteiger partial charge on any atom is -0.331 e. The number of aromatic nitrogens is 3. The number of imidazole rings is 1. The molecule has 0 saturated carbocycles. The highest BCUT2D eigenvalue weighted by molar-refractivity contribution is 6.03. The summed E-state index contributed by atoms with van der Waals surface area (Å²) in [7, 11) is 0. The van der Waals surface area contributed by atoms with Crippen LogP contribution >= 0.6 is 0 Å². The summed E-state index contributed by atoms with van der Waals surface area (Å²) in [6, 6.07) is 3.34. The molecule has 0 aliphatic carbocycles. The van der Waals surface area contributed by atoms with Crippen molar-refractivity contribution in [2.45, 2.75) is 26.2 Å². The molecule has 106 valence electrons. The molecule has 0 aromatic carbocycles. The molecule has 0 atom stereocenters. The Hall–Kier alpha value is -2.41. The second kappa shape index (κ2) is 5.30. The van der Waals surface area contributed by atoms with E-state index in [2.05, 4.69) is 25.7 Å². The molecule has 0 spiro atoms. The normalized spacial score (nSPS) is 11.2. The summed E-state index contributed by atoms with van der Waals surface area (Å²) in [6.07, 6.45) is 3.20. The lowest BCUT2D eigenvalue weighted by atomic mass is 9.90. The van der Waals surface area contributed by atoms with Gasteiger partial charge < -0.3 is 10.4 Å². The Labute approximate surface area is 117 Å². The van der Waals surface area contributed by atoms with Crippen molar-refractivity contribution < 1.29 is 4.79 Å². The Morgan fingerprint density at radius 2 is 2.10 bits per heavy atom. The van der Waals surface area contributed by atoms with E-state index in [1.54, 1.807) is 24.5 Å². The minimum atomic E-state index is -0.274. The molecule has 0 aliphatic heterocycles. The lowest BCUT2D eigenvalue weighted by molar-refractivity contribution is 0.102. The predicted octanol–water partition coefficient (Wildman–Crippen LogP) is 1.64. The Morgan fingerprint density at radius 3 is 2.65 bits per heavy atom. The van der Waals surface area contributed by atoms with Crippen LogP contribution in [0.5, 0.6) is 0 Å². The molecule has 0 radical (unpaired) electrons. The van der Waals surface area contributed by atoms with Gasteiger partial charge in [0.1, 0.15) is 5.82 Å². The highest BCUT2D eigenvalue weighted by Gasteiger charge is 2.19. The van der Waals surface area contributed by atoms with E-state index in [1.807, 2.05) is 20.8 Å². The largest absolute Gasteiger partial charge is 0.331 e. The van der Waals surface area contributed by atoms with Gasteiger partial charge in [-0.2, -0.15) is 0 Å². The average molecular weight is 274 g/mol. The van der Waals surface area contributed by atoms with Gasteiger partial charge in [-0.25, -0.2) is 15.8 Å². The Balaban J connectivity index is 2.33. The number of nitrogen functional groups attached to an aromatic ring is 1. The van der Waals surface area contributed by atoms with Gasteiger partial charge >= 0.3 is 0 Å². The second-order valence-electron chi connectivity index (χ2n) is 5.41. The maximum Gasteiger partial charge on any atom is 0.258 e. The molecule has 2 aromatic heterocycles. The molecule has 2 aromatic rings. The van der Waals surface area contributed by atoms with Gasteiger partial charge in [-0.05, 0) is 12.1 Å². The Morgan fingerprint density at radius 1 is 1.35 bits per heavy atom. The van der Waals surface area contributed by atoms with Gasteiger partial charge in [0.15, 0.2) is 0 Å². The monoisotopic (exact) mass is 274 g/mol. The molecule has 0 unspecified atom stereocenters. The molecule has 0 aliphatic rings. The molecule has 0 bridgehead atoms. The summed E-state index contributed by atoms with van der Waals surface area (Å²) in [4.78, 5) is 23.3. The maximum absolute atomic E-state index is 12.2. The van der Waals surface area contributed by atoms with E-state index >= 15 is 0 Å². The van der Waals surface area contributed by atoms with Crippen LogP contribution in [0.3, 0.4) is 0 Å². The highest BCUT2D eigenvalue weighted by Crippen LogP contribution is 2.23. The number of anilines is 2. The number of pyridine rings is 1. The van der Waals surface area contributed by atoms with Crippen LogP contribution in [0.15, 0.2) is 24.5 Å². The number of rotatable bonds is 3. The van der Waals surface area contributed by atoms with Crippen molar-refractivity contribution in [3.63, 3.8) is 0 Å². The van der Waals surface area contributed by atoms with Crippen molar-refractivity contribution in [3.8, 4) is 0 Å². The van der Waals surface area contributed by atoms with Crippen molar-refractivity contribution in [2.24, 2.45) is 5.84 Å². The SMILES string of the molecule is CC(C)(C)c1cc(C(=O)Nc2ncc[nH]2)cc(NN)n1. The van der Waals surface area contributed by atoms with Crippen LogP contribution in [0.2, 0.25) is 0 Å². The van der Waals surface area contributed by atoms with Crippen LogP contribution in [0.1, 0.15) is 36.8 Å². The molecule has 1 amide bonds. The molecular weight excluding hydrogens is 256 g/mol. The van der Waals surface area contributed by atoms with Gasteiger partial charge in [-0.3, -0.25) is 10.1 Å². The molecular formula is C13H18N6O. The summed E-state index contributed by atoms with van der Waals surface area (Å²) in [6.45, 7) is 6.05. The zero-order valence-electron chi connectivity index (χ0n) is 11.7. The van der Waals surface area contributed by atoms with E-state index < -0.39 is 0 Å². The van der Waals surface area contributed by atoms with Crippen molar-refractivity contribution in [2.75, 3.05) is 10.7 Å². The smallest absolute Gasteiger partial charge is 0.258 e. The molecule has 0 saturated heterocycles. The van der Waals surface area contributed by atoms with E-state index in [-0.39, 0.29) is 11.3 Å². The van der Waals surface area contributed by atoms with Gasteiger partial charge in [-0.1, -0.05) is 20.8 Å². The number of carbonyl (C=O) groups excluding carboxylic acids is 1. The Kier molecular flexibility index (Phi) is 3.71. The number of carbonyl (C=O) groups is 1. The maximum atomic E-state index is 12.2. The van der Waals surface area contributed by atoms with E-state index in [0.29, 0.717) is 17.3 Å². The fourth-order valence-electron chi connectivity index (χ4n) is 1.63. The number of amides is 1. The van der Waals surface area contributed by atoms with Gasteiger partial charge in [0.25, 0.3) is 5.91 Å². The molecule has 7 nitrogen and oxygen atoms in total. The van der Waals surface area contributed by atoms with Gasteiger partial charge in [0.2, 0.25) is 5.95 Å². The summed E-state index contributed by atoms with van der Waals surface area (Å²) >= 11 is 0. The van der Waals surface area contributed by atoms with Crippen molar-refractivity contribution in [1.82, 2.24) is 15.0 Å². The number of nitrogens with zero attached hydrogens (tertiary/aromatic N) is 2. The van der Waals surface area contributed by atoms with Crippen molar-refractivity contribution >= 4 is 17.7 Å². The molecule has 5 N–H and O–H groups in total. The Bertz CT molecular complexity index is 600. The lowest BCUT2D eigenvalue weighted by Crippen LogP contribution is -2.20. The van der Waals surface area contributed by atoms with Gasteiger partial charge in [0.05, 0.1) is 0 Å².